The van der Waals surface area contributed by atoms with E-state index >= 15 is 0 Å². The molecule has 0 aromatic heterocycles. The lowest BCUT2D eigenvalue weighted by atomic mass is 10.1. The first-order valence-electron chi connectivity index (χ1n) is 10.0. The van der Waals surface area contributed by atoms with Crippen molar-refractivity contribution in [3.05, 3.63) is 108 Å². The molecule has 0 amide bonds. The van der Waals surface area contributed by atoms with E-state index in [1.165, 1.54) is 0 Å². The van der Waals surface area contributed by atoms with Crippen LogP contribution in [0.1, 0.15) is 11.1 Å². The molecule has 0 saturated heterocycles. The van der Waals surface area contributed by atoms with E-state index in [-0.39, 0.29) is 19.6 Å². The third-order valence-corrected chi connectivity index (χ3v) is 8.76. The van der Waals surface area contributed by atoms with Crippen LogP contribution in [-0.2, 0) is 19.7 Å². The van der Waals surface area contributed by atoms with Crippen LogP contribution in [-0.4, -0.2) is 16.8 Å². The van der Waals surface area contributed by atoms with Gasteiger partial charge in [-0.3, -0.25) is 0 Å². The predicted octanol–water partition coefficient (Wildman–Crippen LogP) is 5.64. The van der Waals surface area contributed by atoms with Gasteiger partial charge >= 0.3 is 0 Å². The Hall–Kier alpha value is -3.22. The highest BCUT2D eigenvalue weighted by atomic mass is 32.2. The van der Waals surface area contributed by atoms with E-state index in [4.69, 9.17) is 0 Å². The minimum atomic E-state index is -3.66. The van der Waals surface area contributed by atoms with Gasteiger partial charge in [-0.2, -0.15) is 0 Å². The van der Waals surface area contributed by atoms with E-state index in [9.17, 15) is 16.8 Å². The van der Waals surface area contributed by atoms with Crippen molar-refractivity contribution in [2.24, 2.45) is 0 Å². The zero-order chi connectivity index (χ0) is 22.9. The van der Waals surface area contributed by atoms with Crippen LogP contribution in [0.2, 0.25) is 0 Å². The van der Waals surface area contributed by atoms with Gasteiger partial charge in [-0.15, -0.1) is 0 Å². The van der Waals surface area contributed by atoms with E-state index in [0.29, 0.717) is 5.56 Å². The Morgan fingerprint density at radius 2 is 0.875 bits per heavy atom. The SMILES string of the molecule is Cc1cccc(S(=O)(=O)c2ccc(-c3cccc(S(=O)(=O)c4cccc(C)c4)c3)cc2)c1. The van der Waals surface area contributed by atoms with Crippen LogP contribution < -0.4 is 0 Å². The van der Waals surface area contributed by atoms with Gasteiger partial charge in [0.25, 0.3) is 0 Å². The molecule has 4 nitrogen and oxygen atoms in total. The summed E-state index contributed by atoms with van der Waals surface area (Å²) in [6, 6.07) is 26.8. The highest BCUT2D eigenvalue weighted by molar-refractivity contribution is 7.91. The van der Waals surface area contributed by atoms with Gasteiger partial charge in [0.05, 0.1) is 19.6 Å². The second kappa shape index (κ2) is 8.37. The summed E-state index contributed by atoms with van der Waals surface area (Å²) in [4.78, 5) is 0.873. The van der Waals surface area contributed by atoms with Gasteiger partial charge in [0.1, 0.15) is 0 Å². The van der Waals surface area contributed by atoms with Crippen molar-refractivity contribution in [1.82, 2.24) is 0 Å². The summed E-state index contributed by atoms with van der Waals surface area (Å²) in [7, 11) is -7.29. The molecule has 0 aliphatic rings. The van der Waals surface area contributed by atoms with Crippen molar-refractivity contribution >= 4 is 19.7 Å². The molecule has 4 aromatic rings. The lowest BCUT2D eigenvalue weighted by Crippen LogP contribution is -2.03. The van der Waals surface area contributed by atoms with Crippen molar-refractivity contribution in [3.63, 3.8) is 0 Å². The predicted molar refractivity (Wildman–Crippen MR) is 125 cm³/mol. The van der Waals surface area contributed by atoms with Crippen molar-refractivity contribution in [1.29, 1.82) is 0 Å². The van der Waals surface area contributed by atoms with Crippen LogP contribution in [0.5, 0.6) is 0 Å². The van der Waals surface area contributed by atoms with Crippen LogP contribution in [0.4, 0.5) is 0 Å². The van der Waals surface area contributed by atoms with Crippen LogP contribution in [0.15, 0.2) is 117 Å². The first-order valence-corrected chi connectivity index (χ1v) is 13.0. The number of hydrogen-bond donors (Lipinski definition) is 0. The smallest absolute Gasteiger partial charge is 0.206 e. The molecule has 0 aliphatic heterocycles. The van der Waals surface area contributed by atoms with Gasteiger partial charge in [-0.1, -0.05) is 48.5 Å². The molecule has 0 bridgehead atoms. The van der Waals surface area contributed by atoms with E-state index in [0.717, 1.165) is 16.7 Å². The minimum Gasteiger partial charge on any atom is -0.219 e. The Balaban J connectivity index is 1.69. The molecule has 162 valence electrons. The molecule has 0 N–H and O–H groups in total. The van der Waals surface area contributed by atoms with Crippen molar-refractivity contribution in [2.75, 3.05) is 0 Å². The third kappa shape index (κ3) is 4.24. The van der Waals surface area contributed by atoms with Gasteiger partial charge in [0.2, 0.25) is 19.7 Å². The Morgan fingerprint density at radius 1 is 0.438 bits per heavy atom. The molecule has 4 aromatic carbocycles. The molecule has 0 atom stereocenters. The lowest BCUT2D eigenvalue weighted by molar-refractivity contribution is 0.594. The lowest BCUT2D eigenvalue weighted by Gasteiger charge is -2.09. The molecular weight excluding hydrogens is 440 g/mol. The van der Waals surface area contributed by atoms with Crippen LogP contribution in [0.25, 0.3) is 11.1 Å². The fraction of sp³-hybridized carbons (Fsp3) is 0.0769. The zero-order valence-electron chi connectivity index (χ0n) is 17.7. The van der Waals surface area contributed by atoms with E-state index < -0.39 is 19.7 Å². The van der Waals surface area contributed by atoms with E-state index in [2.05, 4.69) is 0 Å². The maximum atomic E-state index is 13.1. The fourth-order valence-corrected chi connectivity index (χ4v) is 6.28. The largest absolute Gasteiger partial charge is 0.219 e. The molecule has 6 heteroatoms. The molecule has 0 fully saturated rings. The molecule has 0 unspecified atom stereocenters. The topological polar surface area (TPSA) is 68.3 Å². The number of sulfone groups is 2. The second-order valence-corrected chi connectivity index (χ2v) is 11.6. The van der Waals surface area contributed by atoms with Crippen molar-refractivity contribution in [3.8, 4) is 11.1 Å². The number of rotatable bonds is 5. The molecule has 0 aliphatic carbocycles. The highest BCUT2D eigenvalue weighted by Gasteiger charge is 2.20. The fourth-order valence-electron chi connectivity index (χ4n) is 3.51. The van der Waals surface area contributed by atoms with E-state index in [1.54, 1.807) is 84.9 Å². The Labute approximate surface area is 189 Å². The Kier molecular flexibility index (Phi) is 5.75. The zero-order valence-corrected chi connectivity index (χ0v) is 19.3. The molecule has 32 heavy (non-hydrogen) atoms. The van der Waals surface area contributed by atoms with Crippen LogP contribution >= 0.6 is 0 Å². The van der Waals surface area contributed by atoms with Gasteiger partial charge in [0, 0.05) is 0 Å². The molecule has 0 heterocycles. The van der Waals surface area contributed by atoms with Gasteiger partial charge in [-0.25, -0.2) is 16.8 Å². The van der Waals surface area contributed by atoms with Gasteiger partial charge in [0.15, 0.2) is 0 Å². The highest BCUT2D eigenvalue weighted by Crippen LogP contribution is 2.29. The standard InChI is InChI=1S/C26H22O4S2/c1-19-6-3-9-24(16-19)31(27,28)23-14-12-21(13-15-23)22-8-5-11-26(18-22)32(29,30)25-10-4-7-20(2)17-25/h3-18H,1-2H3. The van der Waals surface area contributed by atoms with Crippen molar-refractivity contribution < 1.29 is 16.8 Å². The maximum absolute atomic E-state index is 13.1. The van der Waals surface area contributed by atoms with Crippen LogP contribution in [0.3, 0.4) is 0 Å². The average molecular weight is 463 g/mol. The van der Waals surface area contributed by atoms with E-state index in [1.807, 2.05) is 26.0 Å². The summed E-state index contributed by atoms with van der Waals surface area (Å²) in [5, 5.41) is 0. The molecule has 0 radical (unpaired) electrons. The average Bonchev–Trinajstić information content (AvgIpc) is 2.79. The minimum absolute atomic E-state index is 0.190. The molecule has 4 rings (SSSR count). The maximum Gasteiger partial charge on any atom is 0.206 e. The first kappa shape index (κ1) is 22.0. The summed E-state index contributed by atoms with van der Waals surface area (Å²) in [6.07, 6.45) is 0. The quantitative estimate of drug-likeness (QED) is 0.385. The molecular formula is C26H22O4S2. The van der Waals surface area contributed by atoms with Gasteiger partial charge in [-0.05, 0) is 84.6 Å². The Morgan fingerprint density at radius 3 is 1.38 bits per heavy atom. The first-order chi connectivity index (χ1) is 15.2. The summed E-state index contributed by atoms with van der Waals surface area (Å²) in [6.45, 7) is 3.70. The summed E-state index contributed by atoms with van der Waals surface area (Å²) in [5.41, 5.74) is 3.16. The second-order valence-electron chi connectivity index (χ2n) is 7.69. The number of benzene rings is 4. The molecule has 0 spiro atoms. The summed E-state index contributed by atoms with van der Waals surface area (Å²) in [5.74, 6) is 0. The van der Waals surface area contributed by atoms with Crippen LogP contribution in [0, 0.1) is 13.8 Å². The summed E-state index contributed by atoms with van der Waals surface area (Å²) >= 11 is 0. The third-order valence-electron chi connectivity index (χ3n) is 5.24. The monoisotopic (exact) mass is 462 g/mol. The van der Waals surface area contributed by atoms with Gasteiger partial charge < -0.3 is 0 Å². The Bertz CT molecular complexity index is 1500. The van der Waals surface area contributed by atoms with Crippen molar-refractivity contribution in [2.45, 2.75) is 33.4 Å². The number of aryl methyl sites for hydroxylation is 2. The molecule has 0 saturated carbocycles. The number of hydrogen-bond acceptors (Lipinski definition) is 4. The summed E-state index contributed by atoms with van der Waals surface area (Å²) < 4.78 is 52.0. The normalized spacial score (nSPS) is 11.9.